The van der Waals surface area contributed by atoms with E-state index in [-0.39, 0.29) is 11.0 Å². The lowest BCUT2D eigenvalue weighted by Crippen LogP contribution is -2.07. The number of thiazole rings is 1. The van der Waals surface area contributed by atoms with Crippen LogP contribution in [0.25, 0.3) is 10.8 Å². The molecule has 86 valence electrons. The number of aryl methyl sites for hydroxylation is 1. The summed E-state index contributed by atoms with van der Waals surface area (Å²) in [6.45, 7) is 1.60. The van der Waals surface area contributed by atoms with Gasteiger partial charge in [0.2, 0.25) is 0 Å². The van der Waals surface area contributed by atoms with Gasteiger partial charge in [0.15, 0.2) is 5.13 Å². The van der Waals surface area contributed by atoms with E-state index in [9.17, 15) is 13.2 Å². The Morgan fingerprint density at radius 1 is 1.31 bits per heavy atom. The molecule has 16 heavy (non-hydrogen) atoms. The molecule has 0 aliphatic rings. The summed E-state index contributed by atoms with van der Waals surface area (Å²) >= 11 is 0.994. The number of hydrogen-bond acceptors (Lipinski definition) is 6. The molecule has 0 saturated carbocycles. The Kier molecular flexibility index (Phi) is 2.34. The largest absolute Gasteiger partial charge is 0.455 e. The number of nitrogen functional groups attached to an aromatic ring is 1. The summed E-state index contributed by atoms with van der Waals surface area (Å²) in [5, 5.41) is 3.08. The van der Waals surface area contributed by atoms with Crippen LogP contribution < -0.4 is 5.73 Å². The van der Waals surface area contributed by atoms with Crippen LogP contribution in [0.3, 0.4) is 0 Å². The Morgan fingerprint density at radius 2 is 2.00 bits per heavy atom. The van der Waals surface area contributed by atoms with Crippen LogP contribution in [0.1, 0.15) is 11.5 Å². The van der Waals surface area contributed by atoms with Crippen LogP contribution in [0, 0.1) is 6.92 Å². The van der Waals surface area contributed by atoms with E-state index in [4.69, 9.17) is 5.73 Å². The Morgan fingerprint density at radius 3 is 2.44 bits per heavy atom. The molecule has 0 aliphatic carbocycles. The molecule has 0 radical (unpaired) electrons. The number of anilines is 1. The van der Waals surface area contributed by atoms with E-state index >= 15 is 0 Å². The van der Waals surface area contributed by atoms with Gasteiger partial charge in [-0.3, -0.25) is 0 Å². The highest BCUT2D eigenvalue weighted by molar-refractivity contribution is 7.18. The van der Waals surface area contributed by atoms with Crippen LogP contribution in [0.4, 0.5) is 18.3 Å². The number of hydrogen-bond donors (Lipinski definition) is 1. The molecule has 0 amide bonds. The minimum atomic E-state index is -4.62. The first-order valence-electron chi connectivity index (χ1n) is 4.02. The highest BCUT2D eigenvalue weighted by atomic mass is 32.1. The van der Waals surface area contributed by atoms with Crippen LogP contribution >= 0.6 is 11.3 Å². The quantitative estimate of drug-likeness (QED) is 0.838. The van der Waals surface area contributed by atoms with Crippen molar-refractivity contribution in [2.75, 3.05) is 5.73 Å². The molecule has 0 unspecified atom stereocenters. The first-order valence-corrected chi connectivity index (χ1v) is 4.84. The molecular formula is C7H5F3N4OS. The second kappa shape index (κ2) is 3.44. The van der Waals surface area contributed by atoms with Gasteiger partial charge in [-0.15, -0.1) is 0 Å². The monoisotopic (exact) mass is 250 g/mol. The van der Waals surface area contributed by atoms with E-state index in [0.29, 0.717) is 10.6 Å². The highest BCUT2D eigenvalue weighted by Gasteiger charge is 2.37. The third-order valence-electron chi connectivity index (χ3n) is 1.69. The zero-order chi connectivity index (χ0) is 11.9. The van der Waals surface area contributed by atoms with Crippen LogP contribution in [-0.2, 0) is 6.18 Å². The summed E-state index contributed by atoms with van der Waals surface area (Å²) in [6, 6.07) is 0. The summed E-state index contributed by atoms with van der Waals surface area (Å²) in [6.07, 6.45) is -4.62. The van der Waals surface area contributed by atoms with Crippen molar-refractivity contribution >= 4 is 16.5 Å². The number of nitrogens with two attached hydrogens (primary N) is 1. The maximum atomic E-state index is 12.2. The van der Waals surface area contributed by atoms with Crippen LogP contribution in [0.5, 0.6) is 0 Å². The van der Waals surface area contributed by atoms with E-state index in [2.05, 4.69) is 19.6 Å². The van der Waals surface area contributed by atoms with E-state index in [1.54, 1.807) is 6.92 Å². The van der Waals surface area contributed by atoms with Crippen molar-refractivity contribution < 1.29 is 17.7 Å². The molecule has 0 spiro atoms. The van der Waals surface area contributed by atoms with Gasteiger partial charge in [-0.25, -0.2) is 4.98 Å². The molecule has 9 heteroatoms. The topological polar surface area (TPSA) is 77.8 Å². The molecule has 2 aromatic rings. The van der Waals surface area contributed by atoms with Gasteiger partial charge < -0.3 is 10.3 Å². The smallest absolute Gasteiger partial charge is 0.375 e. The molecular weight excluding hydrogens is 245 g/mol. The number of alkyl halides is 3. The average molecular weight is 250 g/mol. The summed E-state index contributed by atoms with van der Waals surface area (Å²) < 4.78 is 41.1. The lowest BCUT2D eigenvalue weighted by molar-refractivity contribution is -0.146. The predicted molar refractivity (Wildman–Crippen MR) is 49.6 cm³/mol. The average Bonchev–Trinajstić information content (AvgIpc) is 2.70. The van der Waals surface area contributed by atoms with Crippen LogP contribution in [0.2, 0.25) is 0 Å². The lowest BCUT2D eigenvalue weighted by atomic mass is 10.4. The van der Waals surface area contributed by atoms with Gasteiger partial charge in [-0.1, -0.05) is 16.5 Å². The van der Waals surface area contributed by atoms with Gasteiger partial charge >= 0.3 is 6.18 Å². The van der Waals surface area contributed by atoms with Crippen LogP contribution in [0.15, 0.2) is 4.52 Å². The molecule has 0 atom stereocenters. The molecule has 5 nitrogen and oxygen atoms in total. The van der Waals surface area contributed by atoms with Crippen molar-refractivity contribution in [1.29, 1.82) is 0 Å². The van der Waals surface area contributed by atoms with E-state index in [0.717, 1.165) is 11.3 Å². The SMILES string of the molecule is Cc1nc(N)sc1-c1nc(C(F)(F)F)no1. The fourth-order valence-corrected chi connectivity index (χ4v) is 1.80. The minimum Gasteiger partial charge on any atom is -0.375 e. The molecule has 2 heterocycles. The molecule has 0 bridgehead atoms. The maximum Gasteiger partial charge on any atom is 0.455 e. The summed E-state index contributed by atoms with van der Waals surface area (Å²) in [4.78, 5) is 7.43. The maximum absolute atomic E-state index is 12.2. The third kappa shape index (κ3) is 1.85. The first kappa shape index (κ1) is 10.9. The standard InChI is InChI=1S/C7H5F3N4OS/c1-2-3(16-6(11)12-2)4-13-5(14-15-4)7(8,9)10/h1H3,(H2,11,12). The Labute approximate surface area is 91.1 Å². The Hall–Kier alpha value is -1.64. The van der Waals surface area contributed by atoms with Gasteiger partial charge in [0.25, 0.3) is 11.7 Å². The fraction of sp³-hybridized carbons (Fsp3) is 0.286. The van der Waals surface area contributed by atoms with Crippen molar-refractivity contribution in [2.45, 2.75) is 13.1 Å². The van der Waals surface area contributed by atoms with Crippen molar-refractivity contribution in [1.82, 2.24) is 15.1 Å². The van der Waals surface area contributed by atoms with Crippen molar-refractivity contribution in [3.05, 3.63) is 11.5 Å². The summed E-state index contributed by atoms with van der Waals surface area (Å²) in [5.41, 5.74) is 5.86. The second-order valence-electron chi connectivity index (χ2n) is 2.89. The third-order valence-corrected chi connectivity index (χ3v) is 2.66. The lowest BCUT2D eigenvalue weighted by Gasteiger charge is -1.95. The fourth-order valence-electron chi connectivity index (χ4n) is 1.05. The van der Waals surface area contributed by atoms with Gasteiger partial charge in [0.1, 0.15) is 4.88 Å². The summed E-state index contributed by atoms with van der Waals surface area (Å²) in [7, 11) is 0. The molecule has 2 rings (SSSR count). The summed E-state index contributed by atoms with van der Waals surface area (Å²) in [5.74, 6) is -1.53. The molecule has 2 N–H and O–H groups in total. The highest BCUT2D eigenvalue weighted by Crippen LogP contribution is 2.33. The van der Waals surface area contributed by atoms with Crippen molar-refractivity contribution in [3.8, 4) is 10.8 Å². The molecule has 0 aromatic carbocycles. The predicted octanol–water partition coefficient (Wildman–Crippen LogP) is 2.10. The van der Waals surface area contributed by atoms with Gasteiger partial charge in [-0.2, -0.15) is 18.2 Å². The Balaban J connectivity index is 2.43. The zero-order valence-electron chi connectivity index (χ0n) is 7.87. The molecule has 2 aromatic heterocycles. The zero-order valence-corrected chi connectivity index (χ0v) is 8.69. The van der Waals surface area contributed by atoms with E-state index in [1.165, 1.54) is 0 Å². The number of rotatable bonds is 1. The normalized spacial score (nSPS) is 12.0. The first-order chi connectivity index (χ1) is 7.38. The number of aromatic nitrogens is 3. The number of halogens is 3. The molecule has 0 saturated heterocycles. The van der Waals surface area contributed by atoms with Gasteiger partial charge in [-0.05, 0) is 6.92 Å². The van der Waals surface area contributed by atoms with E-state index < -0.39 is 12.0 Å². The van der Waals surface area contributed by atoms with Gasteiger partial charge in [0, 0.05) is 0 Å². The van der Waals surface area contributed by atoms with Crippen molar-refractivity contribution in [2.24, 2.45) is 0 Å². The second-order valence-corrected chi connectivity index (χ2v) is 3.92. The van der Waals surface area contributed by atoms with Crippen LogP contribution in [-0.4, -0.2) is 15.1 Å². The van der Waals surface area contributed by atoms with Gasteiger partial charge in [0.05, 0.1) is 5.69 Å². The molecule has 0 fully saturated rings. The molecule has 0 aliphatic heterocycles. The minimum absolute atomic E-state index is 0.223. The van der Waals surface area contributed by atoms with E-state index in [1.807, 2.05) is 0 Å². The van der Waals surface area contributed by atoms with Crippen molar-refractivity contribution in [3.63, 3.8) is 0 Å². The number of nitrogens with zero attached hydrogens (tertiary/aromatic N) is 3. The Bertz CT molecular complexity index is 518.